The predicted molar refractivity (Wildman–Crippen MR) is 41.6 cm³/mol. The summed E-state index contributed by atoms with van der Waals surface area (Å²) in [5, 5.41) is 0. The fraction of sp³-hybridized carbons (Fsp3) is 0. The maximum Gasteiger partial charge on any atom is 0.115 e. The van der Waals surface area contributed by atoms with Gasteiger partial charge < -0.3 is 5.73 Å². The van der Waals surface area contributed by atoms with Gasteiger partial charge in [-0.1, -0.05) is 17.6 Å². The van der Waals surface area contributed by atoms with Gasteiger partial charge in [0.1, 0.15) is 15.7 Å². The summed E-state index contributed by atoms with van der Waals surface area (Å²) in [7, 11) is 10.8. The fourth-order valence-corrected chi connectivity index (χ4v) is 0.602. The summed E-state index contributed by atoms with van der Waals surface area (Å²) >= 11 is 0. The van der Waals surface area contributed by atoms with Crippen molar-refractivity contribution in [2.45, 2.75) is 0 Å². The van der Waals surface area contributed by atoms with E-state index in [4.69, 9.17) is 21.4 Å². The molecule has 0 atom stereocenters. The lowest BCUT2D eigenvalue weighted by Crippen LogP contribution is -2.27. The average molecular weight is 113 g/mol. The molecule has 4 radical (unpaired) electrons. The summed E-state index contributed by atoms with van der Waals surface area (Å²) in [5.74, 6) is 0. The van der Waals surface area contributed by atoms with Crippen LogP contribution in [0, 0.1) is 0 Å². The lowest BCUT2D eigenvalue weighted by atomic mass is 9.80. The van der Waals surface area contributed by atoms with Gasteiger partial charge in [0.15, 0.2) is 0 Å². The Morgan fingerprint density at radius 2 is 1.89 bits per heavy atom. The van der Waals surface area contributed by atoms with E-state index in [2.05, 4.69) is 0 Å². The summed E-state index contributed by atoms with van der Waals surface area (Å²) < 4.78 is 0. The van der Waals surface area contributed by atoms with Gasteiger partial charge in [0.25, 0.3) is 0 Å². The smallest absolute Gasteiger partial charge is 0.115 e. The van der Waals surface area contributed by atoms with Crippen LogP contribution in [-0.4, -0.2) is 15.7 Å². The van der Waals surface area contributed by atoms with Gasteiger partial charge in [0.05, 0.1) is 0 Å². The van der Waals surface area contributed by atoms with E-state index < -0.39 is 0 Å². The molecule has 1 nitrogen and oxygen atoms in total. The fourth-order valence-electron chi connectivity index (χ4n) is 0.602. The molecule has 2 N–H and O–H groups in total. The first-order chi connectivity index (χ1) is 4.22. The molecule has 1 aromatic carbocycles. The van der Waals surface area contributed by atoms with Crippen LogP contribution in [0.4, 0.5) is 5.69 Å². The maximum absolute atomic E-state index is 5.43. The van der Waals surface area contributed by atoms with E-state index >= 15 is 0 Å². The summed E-state index contributed by atoms with van der Waals surface area (Å²) in [6, 6.07) is 5.19. The molecular weight excluding hydrogens is 108 g/mol. The largest absolute Gasteiger partial charge is 0.399 e. The van der Waals surface area contributed by atoms with Gasteiger partial charge in [0, 0.05) is 5.69 Å². The van der Waals surface area contributed by atoms with Crippen LogP contribution in [0.1, 0.15) is 0 Å². The maximum atomic E-state index is 5.43. The molecule has 0 unspecified atom stereocenters. The number of anilines is 1. The zero-order chi connectivity index (χ0) is 6.85. The minimum atomic E-state index is 0.470. The second kappa shape index (κ2) is 2.18. The van der Waals surface area contributed by atoms with E-state index in [1.54, 1.807) is 18.2 Å². The molecule has 0 aliphatic carbocycles. The Kier molecular flexibility index (Phi) is 1.52. The van der Waals surface area contributed by atoms with E-state index in [1.165, 1.54) is 0 Å². The number of hydrogen-bond donors (Lipinski definition) is 1. The molecular formula is C6H5B2N. The van der Waals surface area contributed by atoms with E-state index in [0.717, 1.165) is 0 Å². The number of nitrogens with two attached hydrogens (primary N) is 1. The monoisotopic (exact) mass is 113 g/mol. The average Bonchev–Trinajstić information content (AvgIpc) is 1.83. The molecule has 0 spiro atoms. The van der Waals surface area contributed by atoms with Crippen LogP contribution in [0.2, 0.25) is 0 Å². The van der Waals surface area contributed by atoms with Crippen LogP contribution in [0.25, 0.3) is 0 Å². The summed E-state index contributed by atoms with van der Waals surface area (Å²) in [6.45, 7) is 0. The topological polar surface area (TPSA) is 26.0 Å². The van der Waals surface area contributed by atoms with Gasteiger partial charge >= 0.3 is 0 Å². The van der Waals surface area contributed by atoms with Crippen molar-refractivity contribution in [3.05, 3.63) is 18.2 Å². The highest BCUT2D eigenvalue weighted by Crippen LogP contribution is 1.89. The summed E-state index contributed by atoms with van der Waals surface area (Å²) in [4.78, 5) is 0. The molecule has 0 fully saturated rings. The van der Waals surface area contributed by atoms with Crippen LogP contribution in [-0.2, 0) is 0 Å². The highest BCUT2D eigenvalue weighted by molar-refractivity contribution is 6.50. The Hall–Kier alpha value is -0.850. The van der Waals surface area contributed by atoms with Crippen molar-refractivity contribution >= 4 is 32.3 Å². The molecule has 0 aliphatic rings. The van der Waals surface area contributed by atoms with Gasteiger partial charge in [-0.3, -0.25) is 0 Å². The lowest BCUT2D eigenvalue weighted by Gasteiger charge is -2.01. The SMILES string of the molecule is [B]c1cccc(N)c1[B]. The first-order valence-corrected chi connectivity index (χ1v) is 2.61. The minimum Gasteiger partial charge on any atom is -0.399 e. The van der Waals surface area contributed by atoms with Crippen molar-refractivity contribution in [2.75, 3.05) is 5.73 Å². The first-order valence-electron chi connectivity index (χ1n) is 2.61. The Morgan fingerprint density at radius 1 is 1.22 bits per heavy atom. The van der Waals surface area contributed by atoms with Crippen molar-refractivity contribution < 1.29 is 0 Å². The zero-order valence-electron chi connectivity index (χ0n) is 4.96. The first kappa shape index (κ1) is 6.27. The zero-order valence-corrected chi connectivity index (χ0v) is 4.96. The van der Waals surface area contributed by atoms with Crippen LogP contribution in [0.15, 0.2) is 18.2 Å². The Bertz CT molecular complexity index is 202. The molecule has 1 rings (SSSR count). The molecule has 1 aromatic rings. The standard InChI is InChI=1S/C6H5B2N/c7-4-2-1-3-5(9)6(4)8/h1-3H,9H2. The van der Waals surface area contributed by atoms with Gasteiger partial charge in [-0.25, -0.2) is 0 Å². The minimum absolute atomic E-state index is 0.470. The molecule has 0 aliphatic heterocycles. The van der Waals surface area contributed by atoms with Crippen molar-refractivity contribution in [3.8, 4) is 0 Å². The van der Waals surface area contributed by atoms with E-state index in [9.17, 15) is 0 Å². The second-order valence-corrected chi connectivity index (χ2v) is 1.85. The van der Waals surface area contributed by atoms with Gasteiger partial charge in [0.2, 0.25) is 0 Å². The predicted octanol–water partition coefficient (Wildman–Crippen LogP) is -1.14. The Morgan fingerprint density at radius 3 is 2.33 bits per heavy atom. The van der Waals surface area contributed by atoms with E-state index in [1.807, 2.05) is 0 Å². The van der Waals surface area contributed by atoms with Crippen molar-refractivity contribution in [2.24, 2.45) is 0 Å². The molecule has 0 heterocycles. The Balaban J connectivity index is 3.25. The van der Waals surface area contributed by atoms with Crippen molar-refractivity contribution in [1.29, 1.82) is 0 Å². The molecule has 0 aromatic heterocycles. The van der Waals surface area contributed by atoms with Crippen LogP contribution in [0.3, 0.4) is 0 Å². The summed E-state index contributed by atoms with van der Waals surface area (Å²) in [5.41, 5.74) is 6.96. The van der Waals surface area contributed by atoms with Gasteiger partial charge in [-0.2, -0.15) is 0 Å². The van der Waals surface area contributed by atoms with Gasteiger partial charge in [-0.05, 0) is 6.07 Å². The molecule has 0 bridgehead atoms. The number of rotatable bonds is 0. The lowest BCUT2D eigenvalue weighted by molar-refractivity contribution is 1.78. The highest BCUT2D eigenvalue weighted by atomic mass is 14.5. The van der Waals surface area contributed by atoms with Crippen LogP contribution in [0.5, 0.6) is 0 Å². The number of hydrogen-bond acceptors (Lipinski definition) is 1. The third kappa shape index (κ3) is 1.10. The molecule has 9 heavy (non-hydrogen) atoms. The quantitative estimate of drug-likeness (QED) is 0.333. The van der Waals surface area contributed by atoms with E-state index in [0.29, 0.717) is 16.6 Å². The highest BCUT2D eigenvalue weighted by Gasteiger charge is 1.91. The third-order valence-electron chi connectivity index (χ3n) is 1.17. The van der Waals surface area contributed by atoms with Crippen molar-refractivity contribution in [1.82, 2.24) is 0 Å². The third-order valence-corrected chi connectivity index (χ3v) is 1.17. The second-order valence-electron chi connectivity index (χ2n) is 1.85. The molecule has 40 valence electrons. The molecule has 0 saturated carbocycles. The van der Waals surface area contributed by atoms with Crippen molar-refractivity contribution in [3.63, 3.8) is 0 Å². The molecule has 0 amide bonds. The molecule has 0 saturated heterocycles. The number of nitrogen functional groups attached to an aromatic ring is 1. The normalized spacial score (nSPS) is 9.33. The van der Waals surface area contributed by atoms with Crippen LogP contribution >= 0.6 is 0 Å². The van der Waals surface area contributed by atoms with Crippen LogP contribution < -0.4 is 16.7 Å². The number of benzene rings is 1. The summed E-state index contributed by atoms with van der Waals surface area (Å²) in [6.07, 6.45) is 0. The Labute approximate surface area is 57.1 Å². The van der Waals surface area contributed by atoms with Gasteiger partial charge in [-0.15, -0.1) is 5.46 Å². The van der Waals surface area contributed by atoms with E-state index in [-0.39, 0.29) is 0 Å². The molecule has 3 heteroatoms.